The van der Waals surface area contributed by atoms with E-state index < -0.39 is 0 Å². The third-order valence-corrected chi connectivity index (χ3v) is 10.3. The van der Waals surface area contributed by atoms with Crippen LogP contribution in [-0.2, 0) is 9.53 Å². The van der Waals surface area contributed by atoms with E-state index in [1.807, 2.05) is 0 Å². The molecule has 0 spiro atoms. The second-order valence-electron chi connectivity index (χ2n) is 12.0. The predicted molar refractivity (Wildman–Crippen MR) is 131 cm³/mol. The Kier molecular flexibility index (Phi) is 5.13. The van der Waals surface area contributed by atoms with E-state index in [2.05, 4.69) is 43.0 Å². The molecule has 5 heteroatoms. The van der Waals surface area contributed by atoms with Gasteiger partial charge in [-0.15, -0.1) is 0 Å². The number of hydrazone groups is 1. The van der Waals surface area contributed by atoms with Crippen LogP contribution in [0.15, 0.2) is 40.0 Å². The number of carbonyl (C=O) groups excluding carboxylic acids is 1. The van der Waals surface area contributed by atoms with Crippen molar-refractivity contribution in [2.45, 2.75) is 58.8 Å². The summed E-state index contributed by atoms with van der Waals surface area (Å²) in [5.41, 5.74) is 6.08. The number of piperazine rings is 1. The number of allylic oxidation sites excluding steroid dienone is 3. The zero-order valence-corrected chi connectivity index (χ0v) is 20.6. The molecule has 5 atom stereocenters. The quantitative estimate of drug-likeness (QED) is 0.579. The van der Waals surface area contributed by atoms with E-state index >= 15 is 0 Å². The van der Waals surface area contributed by atoms with E-state index in [1.54, 1.807) is 11.6 Å². The molecule has 178 valence electrons. The van der Waals surface area contributed by atoms with Crippen LogP contribution >= 0.6 is 0 Å². The smallest absolute Gasteiger partial charge is 0.331 e. The van der Waals surface area contributed by atoms with Crippen LogP contribution in [0, 0.1) is 28.6 Å². The van der Waals surface area contributed by atoms with Gasteiger partial charge >= 0.3 is 5.97 Å². The Hall–Kier alpha value is -1.88. The highest BCUT2D eigenvalue weighted by Gasteiger charge is 2.56. The first-order valence-electron chi connectivity index (χ1n) is 13.2. The number of esters is 1. The van der Waals surface area contributed by atoms with Gasteiger partial charge in [0, 0.05) is 49.0 Å². The van der Waals surface area contributed by atoms with Crippen molar-refractivity contribution in [3.8, 4) is 0 Å². The minimum atomic E-state index is -0.180. The molecule has 0 aromatic carbocycles. The van der Waals surface area contributed by atoms with Crippen LogP contribution < -0.4 is 0 Å². The van der Waals surface area contributed by atoms with Gasteiger partial charge in [-0.05, 0) is 80.7 Å². The summed E-state index contributed by atoms with van der Waals surface area (Å²) in [4.78, 5) is 14.1. The fraction of sp³-hybridized carbons (Fsp3) is 0.714. The van der Waals surface area contributed by atoms with Crippen molar-refractivity contribution in [1.29, 1.82) is 0 Å². The first kappa shape index (κ1) is 21.6. The summed E-state index contributed by atoms with van der Waals surface area (Å²) in [5, 5.41) is 7.47. The van der Waals surface area contributed by atoms with Gasteiger partial charge in [-0.3, -0.25) is 5.01 Å². The second kappa shape index (κ2) is 7.83. The van der Waals surface area contributed by atoms with Crippen LogP contribution in [0.3, 0.4) is 0 Å². The molecule has 33 heavy (non-hydrogen) atoms. The van der Waals surface area contributed by atoms with Crippen LogP contribution in [0.5, 0.6) is 0 Å². The van der Waals surface area contributed by atoms with Gasteiger partial charge in [0.2, 0.25) is 0 Å². The van der Waals surface area contributed by atoms with Crippen molar-refractivity contribution in [3.05, 3.63) is 34.9 Å². The number of likely N-dealkylation sites (N-methyl/N-ethyl adjacent to an activating group) is 1. The molecular formula is C28H39N3O2. The Labute approximate surface area is 198 Å². The highest BCUT2D eigenvalue weighted by molar-refractivity contribution is 5.87. The second-order valence-corrected chi connectivity index (χ2v) is 12.0. The zero-order valence-electron chi connectivity index (χ0n) is 20.6. The molecule has 1 saturated heterocycles. The van der Waals surface area contributed by atoms with Crippen molar-refractivity contribution in [3.63, 3.8) is 0 Å². The van der Waals surface area contributed by atoms with Gasteiger partial charge in [0.05, 0.1) is 0 Å². The van der Waals surface area contributed by atoms with Crippen LogP contribution in [0.1, 0.15) is 58.8 Å². The lowest BCUT2D eigenvalue weighted by Gasteiger charge is -2.59. The van der Waals surface area contributed by atoms with Crippen molar-refractivity contribution >= 4 is 11.7 Å². The number of rotatable bonds is 2. The monoisotopic (exact) mass is 449 g/mol. The van der Waals surface area contributed by atoms with Crippen molar-refractivity contribution in [2.24, 2.45) is 33.7 Å². The van der Waals surface area contributed by atoms with Crippen LogP contribution in [0.25, 0.3) is 0 Å². The Morgan fingerprint density at radius 1 is 1.06 bits per heavy atom. The topological polar surface area (TPSA) is 45.1 Å². The third kappa shape index (κ3) is 3.45. The Morgan fingerprint density at radius 2 is 1.88 bits per heavy atom. The summed E-state index contributed by atoms with van der Waals surface area (Å²) >= 11 is 0. The van der Waals surface area contributed by atoms with Crippen molar-refractivity contribution < 1.29 is 9.53 Å². The maximum absolute atomic E-state index is 11.7. The fourth-order valence-corrected chi connectivity index (χ4v) is 8.23. The van der Waals surface area contributed by atoms with E-state index in [0.717, 1.165) is 43.6 Å². The minimum Gasteiger partial charge on any atom is -0.458 e. The van der Waals surface area contributed by atoms with Gasteiger partial charge in [-0.25, -0.2) is 4.79 Å². The van der Waals surface area contributed by atoms with Gasteiger partial charge in [0.25, 0.3) is 0 Å². The zero-order chi connectivity index (χ0) is 22.8. The molecule has 0 bridgehead atoms. The number of ether oxygens (including phenoxy) is 1. The highest BCUT2D eigenvalue weighted by atomic mass is 16.5. The molecule has 0 N–H and O–H groups in total. The Morgan fingerprint density at radius 3 is 2.64 bits per heavy atom. The maximum atomic E-state index is 11.7. The first-order valence-corrected chi connectivity index (χ1v) is 13.2. The summed E-state index contributed by atoms with van der Waals surface area (Å²) < 4.78 is 5.25. The van der Waals surface area contributed by atoms with Gasteiger partial charge in [-0.1, -0.05) is 31.6 Å². The summed E-state index contributed by atoms with van der Waals surface area (Å²) in [7, 11) is 2.21. The van der Waals surface area contributed by atoms with Crippen molar-refractivity contribution in [2.75, 3.05) is 39.8 Å². The number of fused-ring (bicyclic) bond motifs is 5. The predicted octanol–water partition coefficient (Wildman–Crippen LogP) is 4.57. The van der Waals surface area contributed by atoms with Gasteiger partial charge in [0.15, 0.2) is 0 Å². The Balaban J connectivity index is 1.18. The number of nitrogens with zero attached hydrogens (tertiary/aromatic N) is 3. The molecule has 0 aromatic heterocycles. The summed E-state index contributed by atoms with van der Waals surface area (Å²) in [6, 6.07) is 0. The normalized spacial score (nSPS) is 42.2. The lowest BCUT2D eigenvalue weighted by atomic mass is 9.46. The average molecular weight is 450 g/mol. The molecule has 4 fully saturated rings. The largest absolute Gasteiger partial charge is 0.458 e. The highest BCUT2D eigenvalue weighted by Crippen LogP contribution is 2.65. The molecule has 3 saturated carbocycles. The maximum Gasteiger partial charge on any atom is 0.331 e. The molecule has 2 heterocycles. The molecule has 0 aromatic rings. The first-order chi connectivity index (χ1) is 15.9. The molecule has 6 rings (SSSR count). The summed E-state index contributed by atoms with van der Waals surface area (Å²) in [5.74, 6) is 2.07. The van der Waals surface area contributed by atoms with Gasteiger partial charge in [-0.2, -0.15) is 5.10 Å². The third-order valence-electron chi connectivity index (χ3n) is 10.3. The van der Waals surface area contributed by atoms with Gasteiger partial charge in [0.1, 0.15) is 6.61 Å². The SMILES string of the molecule is CN1CCN(N=C2CC[C@@]3(C)[C@H](CC[C@H]4C5=CC=C(C6=CC(=O)OC6)[C@@]5(C)CC[C@@H]43)C2)CC1. The molecule has 5 nitrogen and oxygen atoms in total. The van der Waals surface area contributed by atoms with E-state index in [9.17, 15) is 4.79 Å². The van der Waals surface area contributed by atoms with E-state index in [4.69, 9.17) is 9.84 Å². The minimum absolute atomic E-state index is 0.0902. The standard InChI is InChI=1S/C28H39N3O2/c1-27-10-8-21(29-31-14-12-30(3)13-15-31)17-20(27)4-5-22-24-7-6-23(19-16-26(32)33-18-19)28(24,2)11-9-25(22)27/h6-7,16,20,22,25H,4-5,8-15,17-18H2,1-3H3/t20-,22+,25+,27+,28-/m1/s1. The summed E-state index contributed by atoms with van der Waals surface area (Å²) in [6.45, 7) is 9.88. The molecule has 0 unspecified atom stereocenters. The van der Waals surface area contributed by atoms with Crippen molar-refractivity contribution in [1.82, 2.24) is 9.91 Å². The molecular weight excluding hydrogens is 410 g/mol. The summed E-state index contributed by atoms with van der Waals surface area (Å²) in [6.07, 6.45) is 15.3. The average Bonchev–Trinajstić information content (AvgIpc) is 3.38. The number of carbonyl (C=O) groups is 1. The lowest BCUT2D eigenvalue weighted by molar-refractivity contribution is -0.134. The number of hydrogen-bond acceptors (Lipinski definition) is 5. The molecule has 0 radical (unpaired) electrons. The van der Waals surface area contributed by atoms with Crippen LogP contribution in [-0.4, -0.2) is 61.4 Å². The fourth-order valence-electron chi connectivity index (χ4n) is 8.23. The van der Waals surface area contributed by atoms with Gasteiger partial charge < -0.3 is 9.64 Å². The van der Waals surface area contributed by atoms with E-state index in [-0.39, 0.29) is 11.4 Å². The number of hydrogen-bond donors (Lipinski definition) is 0. The molecule has 6 aliphatic rings. The van der Waals surface area contributed by atoms with E-state index in [0.29, 0.717) is 17.9 Å². The molecule has 2 aliphatic heterocycles. The van der Waals surface area contributed by atoms with Crippen LogP contribution in [0.2, 0.25) is 0 Å². The molecule has 4 aliphatic carbocycles. The lowest BCUT2D eigenvalue weighted by Crippen LogP contribution is -2.51. The van der Waals surface area contributed by atoms with Crippen LogP contribution in [0.4, 0.5) is 0 Å². The van der Waals surface area contributed by atoms with E-state index in [1.165, 1.54) is 56.2 Å². The Bertz CT molecular complexity index is 970. The number of cyclic esters (lactones) is 1. The molecule has 0 amide bonds.